The molecule has 0 aliphatic heterocycles. The summed E-state index contributed by atoms with van der Waals surface area (Å²) in [6.07, 6.45) is 0. The van der Waals surface area contributed by atoms with Crippen LogP contribution >= 0.6 is 15.9 Å². The molecule has 0 heterocycles. The summed E-state index contributed by atoms with van der Waals surface area (Å²) < 4.78 is 17.4. The van der Waals surface area contributed by atoms with Crippen LogP contribution in [0.3, 0.4) is 0 Å². The Morgan fingerprint density at radius 1 is 0.952 bits per heavy atom. The van der Waals surface area contributed by atoms with E-state index in [0.29, 0.717) is 30.5 Å². The Kier molecular flexibility index (Phi) is 5.90. The fraction of sp³-hybridized carbons (Fsp3) is 0.250. The van der Waals surface area contributed by atoms with Gasteiger partial charge in [-0.1, -0.05) is 28.1 Å². The molecule has 0 aliphatic rings. The molecule has 4 nitrogen and oxygen atoms in total. The predicted molar refractivity (Wildman–Crippen MR) is 84.0 cm³/mol. The van der Waals surface area contributed by atoms with Crippen molar-refractivity contribution in [3.63, 3.8) is 0 Å². The molecule has 5 heteroatoms. The topological polar surface area (TPSA) is 47.9 Å². The minimum absolute atomic E-state index is 0.0673. The van der Waals surface area contributed by atoms with Crippen molar-refractivity contribution < 1.29 is 19.3 Å². The van der Waals surface area contributed by atoms with E-state index in [1.165, 1.54) is 0 Å². The van der Waals surface area contributed by atoms with Crippen molar-refractivity contribution in [3.05, 3.63) is 52.5 Å². The molecule has 0 spiro atoms. The zero-order chi connectivity index (χ0) is 15.1. The molecule has 0 radical (unpaired) electrons. The van der Waals surface area contributed by atoms with Crippen LogP contribution in [0.25, 0.3) is 0 Å². The second-order valence-electron chi connectivity index (χ2n) is 4.26. The standard InChI is InChI=1S/C16H17BrO4/c1-19-15-4-2-3-5-16(15)21-9-8-20-14-7-6-13(17)10-12(14)11-18/h2-7,10,18H,8-9,11H2,1H3. The number of methoxy groups -OCH3 is 1. The molecule has 0 saturated carbocycles. The highest BCUT2D eigenvalue weighted by Gasteiger charge is 2.05. The third kappa shape index (κ3) is 4.37. The smallest absolute Gasteiger partial charge is 0.161 e. The second kappa shape index (κ2) is 7.90. The van der Waals surface area contributed by atoms with Gasteiger partial charge >= 0.3 is 0 Å². The number of ether oxygens (including phenoxy) is 3. The molecule has 21 heavy (non-hydrogen) atoms. The maximum absolute atomic E-state index is 9.30. The largest absolute Gasteiger partial charge is 0.493 e. The molecule has 2 aromatic rings. The molecule has 0 bridgehead atoms. The van der Waals surface area contributed by atoms with E-state index in [9.17, 15) is 5.11 Å². The van der Waals surface area contributed by atoms with Gasteiger partial charge in [-0.15, -0.1) is 0 Å². The summed E-state index contributed by atoms with van der Waals surface area (Å²) in [4.78, 5) is 0. The number of aliphatic hydroxyl groups is 1. The summed E-state index contributed by atoms with van der Waals surface area (Å²) in [6.45, 7) is 0.704. The highest BCUT2D eigenvalue weighted by Crippen LogP contribution is 2.26. The van der Waals surface area contributed by atoms with Crippen LogP contribution in [-0.4, -0.2) is 25.4 Å². The van der Waals surface area contributed by atoms with Crippen LogP contribution in [0.2, 0.25) is 0 Å². The molecular weight excluding hydrogens is 336 g/mol. The SMILES string of the molecule is COc1ccccc1OCCOc1ccc(Br)cc1CO. The van der Waals surface area contributed by atoms with Crippen molar-refractivity contribution in [2.24, 2.45) is 0 Å². The van der Waals surface area contributed by atoms with Crippen molar-refractivity contribution in [2.45, 2.75) is 6.61 Å². The van der Waals surface area contributed by atoms with Crippen LogP contribution in [0.1, 0.15) is 5.56 Å². The van der Waals surface area contributed by atoms with Gasteiger partial charge in [0.2, 0.25) is 0 Å². The Balaban J connectivity index is 1.87. The van der Waals surface area contributed by atoms with E-state index in [-0.39, 0.29) is 6.61 Å². The predicted octanol–water partition coefficient (Wildman–Crippen LogP) is 3.41. The summed E-state index contributed by atoms with van der Waals surface area (Å²) in [6, 6.07) is 13.0. The number of hydrogen-bond acceptors (Lipinski definition) is 4. The van der Waals surface area contributed by atoms with E-state index in [4.69, 9.17) is 14.2 Å². The third-order valence-electron chi connectivity index (χ3n) is 2.86. The average Bonchev–Trinajstić information content (AvgIpc) is 2.52. The number of para-hydroxylation sites is 2. The van der Waals surface area contributed by atoms with Gasteiger partial charge in [0.25, 0.3) is 0 Å². The second-order valence-corrected chi connectivity index (χ2v) is 5.17. The van der Waals surface area contributed by atoms with Crippen LogP contribution in [0.5, 0.6) is 17.2 Å². The van der Waals surface area contributed by atoms with Crippen LogP contribution < -0.4 is 14.2 Å². The van der Waals surface area contributed by atoms with E-state index in [2.05, 4.69) is 15.9 Å². The van der Waals surface area contributed by atoms with Crippen LogP contribution in [0.15, 0.2) is 46.9 Å². The van der Waals surface area contributed by atoms with Crippen LogP contribution in [0.4, 0.5) is 0 Å². The minimum Gasteiger partial charge on any atom is -0.493 e. The lowest BCUT2D eigenvalue weighted by Gasteiger charge is -2.13. The van der Waals surface area contributed by atoms with Gasteiger partial charge in [0.15, 0.2) is 11.5 Å². The van der Waals surface area contributed by atoms with Gasteiger partial charge in [-0.25, -0.2) is 0 Å². The van der Waals surface area contributed by atoms with Crippen molar-refractivity contribution >= 4 is 15.9 Å². The highest BCUT2D eigenvalue weighted by molar-refractivity contribution is 9.10. The van der Waals surface area contributed by atoms with Crippen molar-refractivity contribution in [1.29, 1.82) is 0 Å². The van der Waals surface area contributed by atoms with Crippen molar-refractivity contribution in [2.75, 3.05) is 20.3 Å². The van der Waals surface area contributed by atoms with Gasteiger partial charge in [0, 0.05) is 10.0 Å². The Labute approximate surface area is 132 Å². The number of halogens is 1. The maximum Gasteiger partial charge on any atom is 0.161 e. The van der Waals surface area contributed by atoms with E-state index in [1.54, 1.807) is 7.11 Å². The Bertz CT molecular complexity index is 586. The highest BCUT2D eigenvalue weighted by atomic mass is 79.9. The van der Waals surface area contributed by atoms with Gasteiger partial charge in [-0.05, 0) is 30.3 Å². The molecule has 112 valence electrons. The lowest BCUT2D eigenvalue weighted by molar-refractivity contribution is 0.205. The van der Waals surface area contributed by atoms with Gasteiger partial charge in [0.1, 0.15) is 19.0 Å². The van der Waals surface area contributed by atoms with Gasteiger partial charge < -0.3 is 19.3 Å². The lowest BCUT2D eigenvalue weighted by Crippen LogP contribution is -2.10. The molecule has 0 unspecified atom stereocenters. The van der Waals surface area contributed by atoms with Crippen LogP contribution in [-0.2, 0) is 6.61 Å². The summed E-state index contributed by atoms with van der Waals surface area (Å²) in [7, 11) is 1.61. The minimum atomic E-state index is -0.0673. The molecule has 0 aliphatic carbocycles. The molecule has 0 atom stereocenters. The third-order valence-corrected chi connectivity index (χ3v) is 3.35. The molecule has 2 rings (SSSR count). The zero-order valence-electron chi connectivity index (χ0n) is 11.7. The Hall–Kier alpha value is -1.72. The first-order valence-corrected chi connectivity index (χ1v) is 7.32. The molecule has 0 saturated heterocycles. The summed E-state index contributed by atoms with van der Waals surface area (Å²) >= 11 is 3.36. The van der Waals surface area contributed by atoms with Gasteiger partial charge in [-0.2, -0.15) is 0 Å². The van der Waals surface area contributed by atoms with E-state index in [1.807, 2.05) is 42.5 Å². The number of aliphatic hydroxyl groups excluding tert-OH is 1. The quantitative estimate of drug-likeness (QED) is 0.775. The number of benzene rings is 2. The number of hydrogen-bond donors (Lipinski definition) is 1. The fourth-order valence-corrected chi connectivity index (χ4v) is 2.26. The van der Waals surface area contributed by atoms with E-state index >= 15 is 0 Å². The average molecular weight is 353 g/mol. The first-order valence-electron chi connectivity index (χ1n) is 6.52. The molecular formula is C16H17BrO4. The van der Waals surface area contributed by atoms with Crippen molar-refractivity contribution in [3.8, 4) is 17.2 Å². The number of rotatable bonds is 7. The summed E-state index contributed by atoms with van der Waals surface area (Å²) in [5, 5.41) is 9.30. The normalized spacial score (nSPS) is 10.2. The molecule has 0 amide bonds. The first-order chi connectivity index (χ1) is 10.2. The monoisotopic (exact) mass is 352 g/mol. The van der Waals surface area contributed by atoms with Gasteiger partial charge in [-0.3, -0.25) is 0 Å². The van der Waals surface area contributed by atoms with E-state index in [0.717, 1.165) is 10.0 Å². The fourth-order valence-electron chi connectivity index (χ4n) is 1.85. The van der Waals surface area contributed by atoms with Gasteiger partial charge in [0.05, 0.1) is 13.7 Å². The van der Waals surface area contributed by atoms with Crippen molar-refractivity contribution in [1.82, 2.24) is 0 Å². The lowest BCUT2D eigenvalue weighted by atomic mass is 10.2. The first kappa shape index (κ1) is 15.7. The summed E-state index contributed by atoms with van der Waals surface area (Å²) in [5.74, 6) is 2.03. The zero-order valence-corrected chi connectivity index (χ0v) is 13.3. The van der Waals surface area contributed by atoms with Crippen LogP contribution in [0, 0.1) is 0 Å². The maximum atomic E-state index is 9.30. The Morgan fingerprint density at radius 2 is 1.62 bits per heavy atom. The molecule has 1 N–H and O–H groups in total. The molecule has 0 aromatic heterocycles. The van der Waals surface area contributed by atoms with E-state index < -0.39 is 0 Å². The molecule has 0 fully saturated rings. The Morgan fingerprint density at radius 3 is 2.29 bits per heavy atom. The molecule has 2 aromatic carbocycles. The summed E-state index contributed by atoms with van der Waals surface area (Å²) in [5.41, 5.74) is 0.738.